The Morgan fingerprint density at radius 2 is 1.76 bits per heavy atom. The number of carbonyl (C=O) groups is 5. The number of imide groups is 1. The van der Waals surface area contributed by atoms with Crippen LogP contribution in [0.4, 0.5) is 0 Å². The van der Waals surface area contributed by atoms with Gasteiger partial charge in [0.1, 0.15) is 5.75 Å². The Morgan fingerprint density at radius 1 is 1.16 bits per heavy atom. The van der Waals surface area contributed by atoms with Gasteiger partial charge < -0.3 is 14.6 Å². The average Bonchev–Trinajstić information content (AvgIpc) is 2.53. The second-order valence-corrected chi connectivity index (χ2v) is 6.18. The van der Waals surface area contributed by atoms with Crippen molar-refractivity contribution in [3.8, 4) is 5.75 Å². The van der Waals surface area contributed by atoms with Crippen molar-refractivity contribution in [2.45, 2.75) is 25.0 Å². The van der Waals surface area contributed by atoms with Crippen LogP contribution in [0, 0.1) is 0 Å². The Hall–Kier alpha value is -2.88. The lowest BCUT2D eigenvalue weighted by Crippen LogP contribution is -2.78. The number of β-lactam (4-membered cyclic amide) rings is 1. The highest BCUT2D eigenvalue weighted by molar-refractivity contribution is 8.14. The molecule has 1 aliphatic heterocycles. The minimum atomic E-state index is -2.31. The number of carboxylic acid groups (broad SMARTS) is 1. The minimum absolute atomic E-state index is 0.133. The normalized spacial score (nSPS) is 21.9. The second kappa shape index (κ2) is 6.93. The van der Waals surface area contributed by atoms with Gasteiger partial charge >= 0.3 is 29.5 Å². The van der Waals surface area contributed by atoms with Gasteiger partial charge in [-0.05, 0) is 12.1 Å². The molecule has 0 saturated carbocycles. The highest BCUT2D eigenvalue weighted by atomic mass is 32.2. The molecule has 1 aromatic carbocycles. The van der Waals surface area contributed by atoms with E-state index in [-0.39, 0.29) is 5.75 Å². The number of esters is 1. The minimum Gasteiger partial charge on any atom is -0.474 e. The number of thioether (sulfide) groups is 1. The molecule has 0 bridgehead atoms. The number of amides is 2. The van der Waals surface area contributed by atoms with Crippen LogP contribution in [0.5, 0.6) is 5.75 Å². The largest absolute Gasteiger partial charge is 0.474 e. The van der Waals surface area contributed by atoms with Crippen LogP contribution < -0.4 is 4.74 Å². The van der Waals surface area contributed by atoms with Gasteiger partial charge in [0, 0.05) is 13.8 Å². The number of hydrogen-bond acceptors (Lipinski definition) is 8. The van der Waals surface area contributed by atoms with E-state index < -0.39 is 40.0 Å². The Balaban J connectivity index is 2.46. The van der Waals surface area contributed by atoms with Crippen molar-refractivity contribution in [2.24, 2.45) is 0 Å². The molecule has 0 aliphatic carbocycles. The summed E-state index contributed by atoms with van der Waals surface area (Å²) in [5.41, 5.74) is 0. The lowest BCUT2D eigenvalue weighted by Gasteiger charge is -2.50. The number of nitrogens with zero attached hydrogens (tertiary/aromatic N) is 1. The van der Waals surface area contributed by atoms with Gasteiger partial charge in [-0.3, -0.25) is 19.2 Å². The monoisotopic (exact) mass is 367 g/mol. The maximum absolute atomic E-state index is 12.5. The fourth-order valence-electron chi connectivity index (χ4n) is 2.16. The first-order valence-corrected chi connectivity index (χ1v) is 7.78. The quantitative estimate of drug-likeness (QED) is 0.348. The van der Waals surface area contributed by atoms with Crippen LogP contribution >= 0.6 is 11.8 Å². The zero-order chi connectivity index (χ0) is 18.8. The summed E-state index contributed by atoms with van der Waals surface area (Å²) in [6.45, 7) is 2.17. The maximum Gasteiger partial charge on any atom is 0.395 e. The average molecular weight is 367 g/mol. The summed E-state index contributed by atoms with van der Waals surface area (Å²) in [5, 5.41) is 6.84. The summed E-state index contributed by atoms with van der Waals surface area (Å²) in [4.78, 5) is 58.4. The van der Waals surface area contributed by atoms with E-state index >= 15 is 0 Å². The molecule has 2 rings (SSSR count). The third-order valence-electron chi connectivity index (χ3n) is 3.06. The van der Waals surface area contributed by atoms with E-state index in [2.05, 4.69) is 0 Å². The molecule has 1 fully saturated rings. The number of benzene rings is 1. The molecule has 0 spiro atoms. The van der Waals surface area contributed by atoms with Gasteiger partial charge in [-0.25, -0.2) is 9.69 Å². The summed E-state index contributed by atoms with van der Waals surface area (Å²) >= 11 is 0.447. The number of likely N-dealkylation sites (tertiary alicyclic amines) is 1. The molecule has 10 heteroatoms. The molecule has 0 radical (unpaired) electrons. The molecule has 2 unspecified atom stereocenters. The predicted octanol–water partition coefficient (Wildman–Crippen LogP) is 0.384. The standard InChI is InChI=1S/C15H13NO8S/c1-8(17)23-15(24-10-6-4-3-5-7-10)13(22)16(11(19)12(20)21)14(15)25-9(2)18/h3-7,14H,1-2H3,(H,20,21). The summed E-state index contributed by atoms with van der Waals surface area (Å²) in [7, 11) is 0. The van der Waals surface area contributed by atoms with Gasteiger partial charge in [-0.15, -0.1) is 0 Å². The maximum atomic E-state index is 12.5. The van der Waals surface area contributed by atoms with E-state index in [1.165, 1.54) is 12.1 Å². The van der Waals surface area contributed by atoms with Crippen molar-refractivity contribution < 1.29 is 38.6 Å². The molecule has 25 heavy (non-hydrogen) atoms. The molecule has 1 aromatic rings. The van der Waals surface area contributed by atoms with Crippen LogP contribution in [0.15, 0.2) is 30.3 Å². The van der Waals surface area contributed by atoms with Gasteiger partial charge in [0.25, 0.3) is 0 Å². The molecule has 0 aromatic heterocycles. The van der Waals surface area contributed by atoms with Crippen LogP contribution in [0.1, 0.15) is 13.8 Å². The van der Waals surface area contributed by atoms with E-state index in [0.29, 0.717) is 16.7 Å². The highest BCUT2D eigenvalue weighted by Crippen LogP contribution is 2.43. The number of hydrogen-bond donors (Lipinski definition) is 1. The number of carboxylic acids is 1. The Morgan fingerprint density at radius 3 is 2.24 bits per heavy atom. The lowest BCUT2D eigenvalue weighted by atomic mass is 10.0. The first kappa shape index (κ1) is 18.5. The fraction of sp³-hybridized carbons (Fsp3) is 0.267. The van der Waals surface area contributed by atoms with Crippen molar-refractivity contribution >= 4 is 40.6 Å². The third kappa shape index (κ3) is 3.48. The van der Waals surface area contributed by atoms with E-state index in [1.54, 1.807) is 18.2 Å². The Kier molecular flexibility index (Phi) is 5.12. The first-order chi connectivity index (χ1) is 11.7. The number of carbonyl (C=O) groups excluding carboxylic acids is 4. The molecule has 2 atom stereocenters. The van der Waals surface area contributed by atoms with E-state index in [1.807, 2.05) is 0 Å². The SMILES string of the molecule is CC(=O)OC1(Oc2ccccc2)C(=O)N(C(=O)C(=O)O)C1SC(C)=O. The van der Waals surface area contributed by atoms with Crippen LogP contribution in [0.3, 0.4) is 0 Å². The van der Waals surface area contributed by atoms with Gasteiger partial charge in [-0.1, -0.05) is 30.0 Å². The van der Waals surface area contributed by atoms with Crippen molar-refractivity contribution in [3.05, 3.63) is 30.3 Å². The van der Waals surface area contributed by atoms with Crippen LogP contribution in [0.25, 0.3) is 0 Å². The van der Waals surface area contributed by atoms with E-state index in [4.69, 9.17) is 14.6 Å². The zero-order valence-corrected chi connectivity index (χ0v) is 13.9. The van der Waals surface area contributed by atoms with Crippen LogP contribution in [0.2, 0.25) is 0 Å². The smallest absolute Gasteiger partial charge is 0.395 e. The first-order valence-electron chi connectivity index (χ1n) is 6.91. The zero-order valence-electron chi connectivity index (χ0n) is 13.1. The third-order valence-corrected chi connectivity index (χ3v) is 4.14. The molecular formula is C15H13NO8S. The van der Waals surface area contributed by atoms with Gasteiger partial charge in [0.15, 0.2) is 10.5 Å². The molecule has 1 N–H and O–H groups in total. The molecule has 2 amide bonds. The Labute approximate surface area is 145 Å². The predicted molar refractivity (Wildman–Crippen MR) is 83.1 cm³/mol. The van der Waals surface area contributed by atoms with E-state index in [0.717, 1.165) is 13.8 Å². The summed E-state index contributed by atoms with van der Waals surface area (Å²) in [5.74, 6) is -7.71. The van der Waals surface area contributed by atoms with Gasteiger partial charge in [0.05, 0.1) is 0 Å². The molecular weight excluding hydrogens is 354 g/mol. The van der Waals surface area contributed by atoms with Crippen molar-refractivity contribution in [3.63, 3.8) is 0 Å². The summed E-state index contributed by atoms with van der Waals surface area (Å²) in [6.07, 6.45) is 0. The summed E-state index contributed by atoms with van der Waals surface area (Å²) < 4.78 is 10.5. The van der Waals surface area contributed by atoms with Gasteiger partial charge in [-0.2, -0.15) is 0 Å². The Bertz CT molecular complexity index is 749. The highest BCUT2D eigenvalue weighted by Gasteiger charge is 2.71. The topological polar surface area (TPSA) is 127 Å². The van der Waals surface area contributed by atoms with Crippen molar-refractivity contribution in [1.82, 2.24) is 4.90 Å². The fourth-order valence-corrected chi connectivity index (χ4v) is 3.12. The molecule has 132 valence electrons. The van der Waals surface area contributed by atoms with Crippen molar-refractivity contribution in [1.29, 1.82) is 0 Å². The lowest BCUT2D eigenvalue weighted by molar-refractivity contribution is -0.243. The van der Waals surface area contributed by atoms with Gasteiger partial charge in [0.2, 0.25) is 0 Å². The van der Waals surface area contributed by atoms with E-state index in [9.17, 15) is 24.0 Å². The number of ether oxygens (including phenoxy) is 2. The molecule has 1 heterocycles. The van der Waals surface area contributed by atoms with Crippen molar-refractivity contribution in [2.75, 3.05) is 0 Å². The number of para-hydroxylation sites is 1. The second-order valence-electron chi connectivity index (χ2n) is 4.92. The van der Waals surface area contributed by atoms with Crippen LogP contribution in [-0.4, -0.2) is 50.0 Å². The molecule has 9 nitrogen and oxygen atoms in total. The number of rotatable bonds is 4. The summed E-state index contributed by atoms with van der Waals surface area (Å²) in [6, 6.07) is 7.79. The molecule has 1 saturated heterocycles. The van der Waals surface area contributed by atoms with Crippen LogP contribution in [-0.2, 0) is 28.7 Å². The molecule has 1 aliphatic rings. The number of aliphatic carboxylic acids is 1.